The standard InChI is InChI=1S/C11H24N4/c1-9(2)7-8-15(11(12)14-13)10-5-3-4-6-10/h9-10H,3-8,13H2,1-2H3,(H2,12,14). The third kappa shape index (κ3) is 3.61. The molecule has 0 aromatic carbocycles. The Labute approximate surface area is 92.7 Å². The third-order valence-corrected chi connectivity index (χ3v) is 3.14. The average molecular weight is 212 g/mol. The molecule has 0 spiro atoms. The maximum atomic E-state index is 5.83. The minimum Gasteiger partial charge on any atom is -0.368 e. The molecule has 1 aliphatic rings. The first-order valence-electron chi connectivity index (χ1n) is 5.95. The van der Waals surface area contributed by atoms with Crippen LogP contribution in [0.3, 0.4) is 0 Å². The highest BCUT2D eigenvalue weighted by atomic mass is 15.3. The van der Waals surface area contributed by atoms with Gasteiger partial charge >= 0.3 is 0 Å². The smallest absolute Gasteiger partial charge is 0.213 e. The zero-order chi connectivity index (χ0) is 11.3. The summed E-state index contributed by atoms with van der Waals surface area (Å²) in [6.45, 7) is 5.43. The third-order valence-electron chi connectivity index (χ3n) is 3.14. The monoisotopic (exact) mass is 212 g/mol. The van der Waals surface area contributed by atoms with E-state index in [0.717, 1.165) is 13.0 Å². The van der Waals surface area contributed by atoms with Crippen LogP contribution in [0.25, 0.3) is 0 Å². The first-order valence-corrected chi connectivity index (χ1v) is 5.95. The Bertz CT molecular complexity index is 207. The molecule has 1 rings (SSSR count). The van der Waals surface area contributed by atoms with Gasteiger partial charge in [-0.15, -0.1) is 5.10 Å². The Hall–Kier alpha value is -0.930. The molecule has 0 unspecified atom stereocenters. The van der Waals surface area contributed by atoms with Gasteiger partial charge in [0.1, 0.15) is 0 Å². The Morgan fingerprint density at radius 3 is 2.47 bits per heavy atom. The van der Waals surface area contributed by atoms with Crippen LogP contribution in [-0.4, -0.2) is 23.4 Å². The van der Waals surface area contributed by atoms with Crippen molar-refractivity contribution in [3.05, 3.63) is 0 Å². The summed E-state index contributed by atoms with van der Waals surface area (Å²) in [5.74, 6) is 6.46. The first kappa shape index (κ1) is 12.1. The summed E-state index contributed by atoms with van der Waals surface area (Å²) in [5.41, 5.74) is 5.83. The summed E-state index contributed by atoms with van der Waals surface area (Å²) < 4.78 is 0. The zero-order valence-electron chi connectivity index (χ0n) is 9.95. The van der Waals surface area contributed by atoms with Crippen LogP contribution in [0.4, 0.5) is 0 Å². The van der Waals surface area contributed by atoms with E-state index in [-0.39, 0.29) is 0 Å². The Morgan fingerprint density at radius 2 is 2.00 bits per heavy atom. The highest BCUT2D eigenvalue weighted by Crippen LogP contribution is 2.23. The molecule has 0 amide bonds. The number of hydrogen-bond donors (Lipinski definition) is 2. The summed E-state index contributed by atoms with van der Waals surface area (Å²) in [6.07, 6.45) is 6.22. The number of hydrogen-bond acceptors (Lipinski definition) is 2. The van der Waals surface area contributed by atoms with Crippen molar-refractivity contribution in [3.63, 3.8) is 0 Å². The molecule has 0 heterocycles. The second-order valence-corrected chi connectivity index (χ2v) is 4.80. The second-order valence-electron chi connectivity index (χ2n) is 4.80. The SMILES string of the molecule is CC(C)CCN(C(N)=NN)C1CCCC1. The van der Waals surface area contributed by atoms with Crippen LogP contribution in [0.15, 0.2) is 5.10 Å². The Kier molecular flexibility index (Phi) is 4.72. The molecule has 4 N–H and O–H groups in total. The van der Waals surface area contributed by atoms with E-state index in [4.69, 9.17) is 11.6 Å². The van der Waals surface area contributed by atoms with Crippen molar-refractivity contribution in [2.75, 3.05) is 6.54 Å². The van der Waals surface area contributed by atoms with Crippen LogP contribution in [0.1, 0.15) is 46.0 Å². The number of hydrazone groups is 1. The van der Waals surface area contributed by atoms with E-state index in [0.29, 0.717) is 17.9 Å². The molecule has 4 heteroatoms. The predicted octanol–water partition coefficient (Wildman–Crippen LogP) is 1.47. The van der Waals surface area contributed by atoms with Gasteiger partial charge in [0.15, 0.2) is 0 Å². The van der Waals surface area contributed by atoms with Gasteiger partial charge in [-0.2, -0.15) is 0 Å². The molecule has 0 atom stereocenters. The molecule has 15 heavy (non-hydrogen) atoms. The molecule has 4 nitrogen and oxygen atoms in total. The number of nitrogens with zero attached hydrogens (tertiary/aromatic N) is 2. The fraction of sp³-hybridized carbons (Fsp3) is 0.909. The average Bonchev–Trinajstić information content (AvgIpc) is 2.70. The van der Waals surface area contributed by atoms with Crippen molar-refractivity contribution in [2.24, 2.45) is 22.6 Å². The Balaban J connectivity index is 2.52. The van der Waals surface area contributed by atoms with Crippen LogP contribution in [0, 0.1) is 5.92 Å². The first-order chi connectivity index (χ1) is 7.15. The lowest BCUT2D eigenvalue weighted by Crippen LogP contribution is -2.45. The lowest BCUT2D eigenvalue weighted by Gasteiger charge is -2.30. The largest absolute Gasteiger partial charge is 0.368 e. The second kappa shape index (κ2) is 5.83. The topological polar surface area (TPSA) is 67.6 Å². The molecule has 88 valence electrons. The molecule has 1 saturated carbocycles. The molecule has 0 aromatic rings. The van der Waals surface area contributed by atoms with Crippen molar-refractivity contribution in [2.45, 2.75) is 52.0 Å². The van der Waals surface area contributed by atoms with Gasteiger partial charge in [-0.3, -0.25) is 0 Å². The molecular formula is C11H24N4. The van der Waals surface area contributed by atoms with Gasteiger partial charge in [0.05, 0.1) is 0 Å². The maximum absolute atomic E-state index is 5.83. The van der Waals surface area contributed by atoms with Crippen LogP contribution >= 0.6 is 0 Å². The van der Waals surface area contributed by atoms with Crippen molar-refractivity contribution in [3.8, 4) is 0 Å². The summed E-state index contributed by atoms with van der Waals surface area (Å²) in [5, 5.41) is 3.63. The maximum Gasteiger partial charge on any atom is 0.213 e. The van der Waals surface area contributed by atoms with Crippen LogP contribution < -0.4 is 11.6 Å². The summed E-state index contributed by atoms with van der Waals surface area (Å²) >= 11 is 0. The van der Waals surface area contributed by atoms with Crippen LogP contribution in [0.2, 0.25) is 0 Å². The normalized spacial score (nSPS) is 18.7. The van der Waals surface area contributed by atoms with E-state index < -0.39 is 0 Å². The molecular weight excluding hydrogens is 188 g/mol. The van der Waals surface area contributed by atoms with Gasteiger partial charge in [0.2, 0.25) is 5.96 Å². The molecule has 0 saturated heterocycles. The van der Waals surface area contributed by atoms with Gasteiger partial charge in [-0.05, 0) is 25.2 Å². The van der Waals surface area contributed by atoms with E-state index in [1.165, 1.54) is 25.7 Å². The highest BCUT2D eigenvalue weighted by Gasteiger charge is 2.23. The number of nitrogens with two attached hydrogens (primary N) is 2. The molecule has 0 radical (unpaired) electrons. The van der Waals surface area contributed by atoms with Gasteiger partial charge in [0, 0.05) is 12.6 Å². The lowest BCUT2D eigenvalue weighted by molar-refractivity contribution is 0.292. The minimum absolute atomic E-state index is 0.502. The van der Waals surface area contributed by atoms with Crippen LogP contribution in [0.5, 0.6) is 0 Å². The lowest BCUT2D eigenvalue weighted by atomic mass is 10.1. The number of guanidine groups is 1. The zero-order valence-corrected chi connectivity index (χ0v) is 9.95. The number of rotatable bonds is 4. The van der Waals surface area contributed by atoms with Gasteiger partial charge in [0.25, 0.3) is 0 Å². The van der Waals surface area contributed by atoms with Crippen molar-refractivity contribution in [1.29, 1.82) is 0 Å². The van der Waals surface area contributed by atoms with E-state index in [1.807, 2.05) is 0 Å². The molecule has 0 aromatic heterocycles. The summed E-state index contributed by atoms with van der Waals surface area (Å²) in [6, 6.07) is 0.566. The fourth-order valence-electron chi connectivity index (χ4n) is 2.17. The molecule has 0 aliphatic heterocycles. The van der Waals surface area contributed by atoms with Gasteiger partial charge in [-0.25, -0.2) is 0 Å². The summed E-state index contributed by atoms with van der Waals surface area (Å²) in [4.78, 5) is 2.19. The molecule has 1 fully saturated rings. The Morgan fingerprint density at radius 1 is 1.40 bits per heavy atom. The van der Waals surface area contributed by atoms with Crippen molar-refractivity contribution in [1.82, 2.24) is 4.90 Å². The minimum atomic E-state index is 0.502. The van der Waals surface area contributed by atoms with Crippen molar-refractivity contribution < 1.29 is 0 Å². The van der Waals surface area contributed by atoms with Crippen molar-refractivity contribution >= 4 is 5.96 Å². The van der Waals surface area contributed by atoms with E-state index in [2.05, 4.69) is 23.8 Å². The quantitative estimate of drug-likeness (QED) is 0.321. The highest BCUT2D eigenvalue weighted by molar-refractivity contribution is 5.78. The van der Waals surface area contributed by atoms with Gasteiger partial charge < -0.3 is 16.5 Å². The van der Waals surface area contributed by atoms with Gasteiger partial charge in [-0.1, -0.05) is 26.7 Å². The van der Waals surface area contributed by atoms with Crippen LogP contribution in [-0.2, 0) is 0 Å². The predicted molar refractivity (Wildman–Crippen MR) is 64.2 cm³/mol. The molecule has 1 aliphatic carbocycles. The summed E-state index contributed by atoms with van der Waals surface area (Å²) in [7, 11) is 0. The van der Waals surface area contributed by atoms with E-state index in [9.17, 15) is 0 Å². The van der Waals surface area contributed by atoms with E-state index in [1.54, 1.807) is 0 Å². The molecule has 0 bridgehead atoms. The fourth-order valence-corrected chi connectivity index (χ4v) is 2.17. The van der Waals surface area contributed by atoms with E-state index >= 15 is 0 Å².